The van der Waals surface area contributed by atoms with Gasteiger partial charge in [0.05, 0.1) is 10.6 Å². The molecule has 0 spiro atoms. The van der Waals surface area contributed by atoms with Gasteiger partial charge in [-0.05, 0) is 30.7 Å². The molecule has 0 aliphatic carbocycles. The number of carbonyl (C=O) groups is 1. The molecule has 4 rings (SSSR count). The van der Waals surface area contributed by atoms with Crippen LogP contribution in [-0.2, 0) is 0 Å². The molecular formula is C19H19NO2S2. The average Bonchev–Trinajstić information content (AvgIpc) is 3.25. The summed E-state index contributed by atoms with van der Waals surface area (Å²) in [5, 5.41) is 3.09. The third-order valence-corrected chi connectivity index (χ3v) is 7.42. The minimum absolute atomic E-state index is 0.0452. The number of ether oxygens (including phenoxy) is 1. The number of hydrogen-bond acceptors (Lipinski definition) is 4. The molecular weight excluding hydrogens is 338 g/mol. The third-order valence-electron chi connectivity index (χ3n) is 4.32. The maximum atomic E-state index is 12.6. The van der Waals surface area contributed by atoms with Crippen LogP contribution in [0.3, 0.4) is 0 Å². The lowest BCUT2D eigenvalue weighted by Gasteiger charge is -2.13. The van der Waals surface area contributed by atoms with Crippen molar-refractivity contribution in [2.24, 2.45) is 0 Å². The van der Waals surface area contributed by atoms with Crippen molar-refractivity contribution < 1.29 is 9.53 Å². The molecule has 0 saturated carbocycles. The van der Waals surface area contributed by atoms with E-state index in [0.29, 0.717) is 16.8 Å². The highest BCUT2D eigenvalue weighted by atomic mass is 32.2. The van der Waals surface area contributed by atoms with Crippen molar-refractivity contribution in [3.8, 4) is 5.75 Å². The SMILES string of the molecule is Cc1ccc2c(c1)[C@@H](NC(=O)c1ccc(C3SCCS3)cc1)CO2. The van der Waals surface area contributed by atoms with Crippen molar-refractivity contribution in [3.63, 3.8) is 0 Å². The molecule has 124 valence electrons. The topological polar surface area (TPSA) is 38.3 Å². The number of carbonyl (C=O) groups excluding carboxylic acids is 1. The lowest BCUT2D eigenvalue weighted by Crippen LogP contribution is -2.29. The van der Waals surface area contributed by atoms with Crippen molar-refractivity contribution >= 4 is 29.4 Å². The number of thioether (sulfide) groups is 2. The molecule has 1 saturated heterocycles. The molecule has 0 radical (unpaired) electrons. The Morgan fingerprint density at radius 1 is 1.12 bits per heavy atom. The highest BCUT2D eigenvalue weighted by Gasteiger charge is 2.26. The van der Waals surface area contributed by atoms with Crippen LogP contribution in [-0.4, -0.2) is 24.0 Å². The summed E-state index contributed by atoms with van der Waals surface area (Å²) in [5.74, 6) is 3.24. The first-order valence-electron chi connectivity index (χ1n) is 8.08. The van der Waals surface area contributed by atoms with E-state index in [-0.39, 0.29) is 11.9 Å². The van der Waals surface area contributed by atoms with Crippen LogP contribution in [0.5, 0.6) is 5.75 Å². The van der Waals surface area contributed by atoms with Gasteiger partial charge in [0.1, 0.15) is 12.4 Å². The fraction of sp³-hybridized carbons (Fsp3) is 0.316. The summed E-state index contributed by atoms with van der Waals surface area (Å²) in [4.78, 5) is 12.6. The van der Waals surface area contributed by atoms with E-state index in [0.717, 1.165) is 11.3 Å². The molecule has 1 atom stereocenters. The second-order valence-electron chi connectivity index (χ2n) is 6.07. The van der Waals surface area contributed by atoms with E-state index in [9.17, 15) is 4.79 Å². The number of benzene rings is 2. The summed E-state index contributed by atoms with van der Waals surface area (Å²) in [6.45, 7) is 2.55. The number of amides is 1. The molecule has 2 heterocycles. The van der Waals surface area contributed by atoms with Gasteiger partial charge >= 0.3 is 0 Å². The zero-order chi connectivity index (χ0) is 16.5. The monoisotopic (exact) mass is 357 g/mol. The van der Waals surface area contributed by atoms with Crippen molar-refractivity contribution in [1.29, 1.82) is 0 Å². The summed E-state index contributed by atoms with van der Waals surface area (Å²) in [5.41, 5.74) is 4.24. The van der Waals surface area contributed by atoms with Gasteiger partial charge < -0.3 is 10.1 Å². The van der Waals surface area contributed by atoms with Crippen LogP contribution in [0.2, 0.25) is 0 Å². The Labute approximate surface area is 150 Å². The summed E-state index contributed by atoms with van der Waals surface area (Å²) in [6, 6.07) is 14.0. The Hall–Kier alpha value is -1.59. The molecule has 2 aliphatic rings. The first kappa shape index (κ1) is 15.9. The molecule has 1 N–H and O–H groups in total. The van der Waals surface area contributed by atoms with Crippen LogP contribution in [0.15, 0.2) is 42.5 Å². The summed E-state index contributed by atoms with van der Waals surface area (Å²) < 4.78 is 6.18. The molecule has 2 aromatic rings. The largest absolute Gasteiger partial charge is 0.491 e. The smallest absolute Gasteiger partial charge is 0.251 e. The van der Waals surface area contributed by atoms with E-state index < -0.39 is 0 Å². The zero-order valence-corrected chi connectivity index (χ0v) is 15.1. The molecule has 2 aliphatic heterocycles. The van der Waals surface area contributed by atoms with Gasteiger partial charge in [-0.2, -0.15) is 0 Å². The van der Waals surface area contributed by atoms with Gasteiger partial charge in [-0.1, -0.05) is 29.8 Å². The summed E-state index contributed by atoms with van der Waals surface area (Å²) in [7, 11) is 0. The van der Waals surface area contributed by atoms with E-state index in [4.69, 9.17) is 4.74 Å². The minimum atomic E-state index is -0.0759. The molecule has 2 aromatic carbocycles. The Kier molecular flexibility index (Phi) is 4.46. The Morgan fingerprint density at radius 2 is 1.88 bits per heavy atom. The first-order valence-corrected chi connectivity index (χ1v) is 10.2. The fourth-order valence-corrected chi connectivity index (χ4v) is 5.90. The molecule has 3 nitrogen and oxygen atoms in total. The molecule has 0 unspecified atom stereocenters. The Balaban J connectivity index is 1.46. The van der Waals surface area contributed by atoms with Gasteiger partial charge in [-0.3, -0.25) is 4.79 Å². The van der Waals surface area contributed by atoms with E-state index in [2.05, 4.69) is 30.4 Å². The van der Waals surface area contributed by atoms with Gasteiger partial charge in [0, 0.05) is 22.6 Å². The number of nitrogens with one attached hydrogen (secondary N) is 1. The second-order valence-corrected chi connectivity index (χ2v) is 8.80. The molecule has 1 amide bonds. The predicted octanol–water partition coefficient (Wildman–Crippen LogP) is 4.34. The van der Waals surface area contributed by atoms with Crippen LogP contribution in [0.1, 0.15) is 37.7 Å². The van der Waals surface area contributed by atoms with Crippen LogP contribution < -0.4 is 10.1 Å². The van der Waals surface area contributed by atoms with Gasteiger partial charge in [-0.25, -0.2) is 0 Å². The van der Waals surface area contributed by atoms with Gasteiger partial charge in [-0.15, -0.1) is 23.5 Å². The number of fused-ring (bicyclic) bond motifs is 1. The van der Waals surface area contributed by atoms with Gasteiger partial charge in [0.25, 0.3) is 5.91 Å². The highest BCUT2D eigenvalue weighted by molar-refractivity contribution is 8.19. The maximum absolute atomic E-state index is 12.6. The minimum Gasteiger partial charge on any atom is -0.491 e. The Bertz CT molecular complexity index is 754. The van der Waals surface area contributed by atoms with E-state index in [1.165, 1.54) is 22.6 Å². The summed E-state index contributed by atoms with van der Waals surface area (Å²) in [6.07, 6.45) is 0. The van der Waals surface area contributed by atoms with Crippen molar-refractivity contribution in [1.82, 2.24) is 5.32 Å². The third kappa shape index (κ3) is 3.15. The lowest BCUT2D eigenvalue weighted by molar-refractivity contribution is 0.0930. The van der Waals surface area contributed by atoms with Gasteiger partial charge in [0.15, 0.2) is 0 Å². The first-order chi connectivity index (χ1) is 11.7. The number of hydrogen-bond donors (Lipinski definition) is 1. The van der Waals surface area contributed by atoms with Crippen molar-refractivity contribution in [2.45, 2.75) is 17.5 Å². The van der Waals surface area contributed by atoms with Crippen molar-refractivity contribution in [3.05, 3.63) is 64.7 Å². The van der Waals surface area contributed by atoms with E-state index >= 15 is 0 Å². The predicted molar refractivity (Wildman–Crippen MR) is 101 cm³/mol. The molecule has 24 heavy (non-hydrogen) atoms. The number of rotatable bonds is 3. The van der Waals surface area contributed by atoms with E-state index in [1.54, 1.807) is 0 Å². The number of aryl methyl sites for hydroxylation is 1. The van der Waals surface area contributed by atoms with Crippen LogP contribution in [0, 0.1) is 6.92 Å². The van der Waals surface area contributed by atoms with Crippen LogP contribution in [0.4, 0.5) is 0 Å². The fourth-order valence-electron chi connectivity index (χ4n) is 3.04. The molecule has 5 heteroatoms. The summed E-state index contributed by atoms with van der Waals surface area (Å²) >= 11 is 3.95. The van der Waals surface area contributed by atoms with Gasteiger partial charge in [0.2, 0.25) is 0 Å². The molecule has 0 bridgehead atoms. The average molecular weight is 358 g/mol. The molecule has 1 fully saturated rings. The van der Waals surface area contributed by atoms with Crippen LogP contribution >= 0.6 is 23.5 Å². The maximum Gasteiger partial charge on any atom is 0.251 e. The quantitative estimate of drug-likeness (QED) is 0.887. The zero-order valence-electron chi connectivity index (χ0n) is 13.5. The lowest BCUT2D eigenvalue weighted by atomic mass is 10.0. The second kappa shape index (κ2) is 6.73. The standard InChI is InChI=1S/C19H19NO2S2/c1-12-2-7-17-15(10-12)16(11-22-17)20-18(21)13-3-5-14(6-4-13)19-23-8-9-24-19/h2-7,10,16,19H,8-9,11H2,1H3,(H,20,21)/t16-/m0/s1. The normalized spacial score (nSPS) is 19.8. The van der Waals surface area contributed by atoms with Crippen LogP contribution in [0.25, 0.3) is 0 Å². The highest BCUT2D eigenvalue weighted by Crippen LogP contribution is 2.45. The van der Waals surface area contributed by atoms with E-state index in [1.807, 2.05) is 47.8 Å². The van der Waals surface area contributed by atoms with Crippen molar-refractivity contribution in [2.75, 3.05) is 18.1 Å². The molecule has 0 aromatic heterocycles. The Morgan fingerprint density at radius 3 is 2.62 bits per heavy atom.